The van der Waals surface area contributed by atoms with Gasteiger partial charge in [0, 0.05) is 12.5 Å². The van der Waals surface area contributed by atoms with Crippen molar-refractivity contribution in [1.82, 2.24) is 0 Å². The van der Waals surface area contributed by atoms with Gasteiger partial charge in [0.25, 0.3) is 0 Å². The summed E-state index contributed by atoms with van der Waals surface area (Å²) < 4.78 is 11.1. The van der Waals surface area contributed by atoms with Crippen molar-refractivity contribution in [2.75, 3.05) is 13.2 Å². The molecule has 0 saturated heterocycles. The summed E-state index contributed by atoms with van der Waals surface area (Å²) in [5.41, 5.74) is 0.982. The van der Waals surface area contributed by atoms with E-state index in [9.17, 15) is 5.11 Å². The van der Waals surface area contributed by atoms with Crippen LogP contribution in [0.1, 0.15) is 12.0 Å². The van der Waals surface area contributed by atoms with E-state index in [1.807, 2.05) is 43.3 Å². The smallest absolute Gasteiger partial charge is 0.123 e. The Labute approximate surface area is 113 Å². The number of benzene rings is 2. The highest BCUT2D eigenvalue weighted by atomic mass is 16.5. The van der Waals surface area contributed by atoms with Gasteiger partial charge in [0.2, 0.25) is 0 Å². The molecule has 0 radical (unpaired) electrons. The molecule has 2 aromatic rings. The van der Waals surface area contributed by atoms with E-state index in [0.29, 0.717) is 19.0 Å². The summed E-state index contributed by atoms with van der Waals surface area (Å²) in [6, 6.07) is 14.9. The van der Waals surface area contributed by atoms with Crippen LogP contribution in [0.3, 0.4) is 0 Å². The van der Waals surface area contributed by atoms with E-state index in [2.05, 4.69) is 0 Å². The molecule has 0 saturated carbocycles. The third-order valence-electron chi connectivity index (χ3n) is 2.60. The fourth-order valence-corrected chi connectivity index (χ4v) is 1.77. The van der Waals surface area contributed by atoms with E-state index in [1.165, 1.54) is 0 Å². The number of phenolic OH excluding ortho intramolecular Hbond substituents is 1. The van der Waals surface area contributed by atoms with Gasteiger partial charge in [-0.3, -0.25) is 0 Å². The maximum atomic E-state index is 9.44. The Morgan fingerprint density at radius 2 is 1.58 bits per heavy atom. The molecule has 0 atom stereocenters. The Kier molecular flexibility index (Phi) is 4.67. The molecule has 0 amide bonds. The summed E-state index contributed by atoms with van der Waals surface area (Å²) in [5, 5.41) is 9.44. The van der Waals surface area contributed by atoms with Crippen LogP contribution >= 0.6 is 0 Å². The number of aromatic hydroxyl groups is 1. The number of aryl methyl sites for hydroxylation is 1. The normalized spacial score (nSPS) is 10.2. The highest BCUT2D eigenvalue weighted by Gasteiger charge is 1.98. The maximum absolute atomic E-state index is 9.44. The van der Waals surface area contributed by atoms with Crippen molar-refractivity contribution in [3.8, 4) is 17.2 Å². The molecule has 19 heavy (non-hydrogen) atoms. The molecule has 1 N–H and O–H groups in total. The van der Waals surface area contributed by atoms with Gasteiger partial charge in [-0.15, -0.1) is 0 Å². The second kappa shape index (κ2) is 6.69. The molecule has 0 heterocycles. The van der Waals surface area contributed by atoms with Gasteiger partial charge in [-0.1, -0.05) is 18.2 Å². The number of para-hydroxylation sites is 1. The number of rotatable bonds is 6. The van der Waals surface area contributed by atoms with Crippen LogP contribution in [0, 0.1) is 6.92 Å². The second-order valence-electron chi connectivity index (χ2n) is 4.37. The van der Waals surface area contributed by atoms with Crippen molar-refractivity contribution in [3.05, 3.63) is 54.1 Å². The summed E-state index contributed by atoms with van der Waals surface area (Å²) in [5.74, 6) is 1.79. The Morgan fingerprint density at radius 3 is 2.26 bits per heavy atom. The molecule has 0 aliphatic carbocycles. The van der Waals surface area contributed by atoms with Crippen molar-refractivity contribution in [2.45, 2.75) is 13.3 Å². The molecule has 0 fully saturated rings. The van der Waals surface area contributed by atoms with Crippen molar-refractivity contribution in [1.29, 1.82) is 0 Å². The Hall–Kier alpha value is -2.16. The molecule has 0 aromatic heterocycles. The van der Waals surface area contributed by atoms with Gasteiger partial charge in [0.15, 0.2) is 0 Å². The maximum Gasteiger partial charge on any atom is 0.123 e. The summed E-state index contributed by atoms with van der Waals surface area (Å²) in [7, 11) is 0. The molecular formula is C16H18O3. The van der Waals surface area contributed by atoms with Gasteiger partial charge < -0.3 is 14.6 Å². The van der Waals surface area contributed by atoms with Crippen LogP contribution in [0.2, 0.25) is 0 Å². The quantitative estimate of drug-likeness (QED) is 0.805. The molecule has 0 unspecified atom stereocenters. The van der Waals surface area contributed by atoms with Crippen LogP contribution in [0.5, 0.6) is 17.2 Å². The Bertz CT molecular complexity index is 488. The number of hydrogen-bond donors (Lipinski definition) is 1. The zero-order chi connectivity index (χ0) is 13.5. The van der Waals surface area contributed by atoms with Gasteiger partial charge >= 0.3 is 0 Å². The minimum absolute atomic E-state index is 0.232. The first-order chi connectivity index (χ1) is 9.24. The van der Waals surface area contributed by atoms with Crippen LogP contribution in [0.25, 0.3) is 0 Å². The molecule has 100 valence electrons. The molecule has 3 nitrogen and oxygen atoms in total. The zero-order valence-corrected chi connectivity index (χ0v) is 11.0. The Balaban J connectivity index is 1.69. The van der Waals surface area contributed by atoms with Crippen LogP contribution < -0.4 is 9.47 Å². The predicted octanol–water partition coefficient (Wildman–Crippen LogP) is 3.55. The van der Waals surface area contributed by atoms with E-state index in [-0.39, 0.29) is 5.75 Å². The zero-order valence-electron chi connectivity index (χ0n) is 11.0. The number of ether oxygens (including phenoxy) is 2. The third kappa shape index (κ3) is 4.54. The summed E-state index contributed by atoms with van der Waals surface area (Å²) in [4.78, 5) is 0. The van der Waals surface area contributed by atoms with Crippen molar-refractivity contribution >= 4 is 0 Å². The molecule has 0 aliphatic heterocycles. The first-order valence-corrected chi connectivity index (χ1v) is 6.35. The minimum atomic E-state index is 0.232. The highest BCUT2D eigenvalue weighted by Crippen LogP contribution is 2.21. The molecular weight excluding hydrogens is 240 g/mol. The molecule has 2 aromatic carbocycles. The number of hydrogen-bond acceptors (Lipinski definition) is 3. The van der Waals surface area contributed by atoms with Crippen molar-refractivity contribution in [2.24, 2.45) is 0 Å². The summed E-state index contributed by atoms with van der Waals surface area (Å²) in [6.07, 6.45) is 0.795. The van der Waals surface area contributed by atoms with Gasteiger partial charge in [0.05, 0.1) is 13.2 Å². The van der Waals surface area contributed by atoms with Gasteiger partial charge in [0.1, 0.15) is 17.2 Å². The van der Waals surface area contributed by atoms with E-state index in [4.69, 9.17) is 9.47 Å². The minimum Gasteiger partial charge on any atom is -0.508 e. The Morgan fingerprint density at radius 1 is 0.895 bits per heavy atom. The van der Waals surface area contributed by atoms with E-state index in [1.54, 1.807) is 12.1 Å². The third-order valence-corrected chi connectivity index (χ3v) is 2.60. The summed E-state index contributed by atoms with van der Waals surface area (Å²) in [6.45, 7) is 3.10. The van der Waals surface area contributed by atoms with Crippen molar-refractivity contribution in [3.63, 3.8) is 0 Å². The van der Waals surface area contributed by atoms with Crippen LogP contribution in [0.15, 0.2) is 48.5 Å². The van der Waals surface area contributed by atoms with E-state index in [0.717, 1.165) is 17.7 Å². The molecule has 3 heteroatoms. The highest BCUT2D eigenvalue weighted by molar-refractivity contribution is 5.36. The standard InChI is InChI=1S/C16H18O3/c1-13-10-14(17)12-16(11-13)19-9-5-8-18-15-6-3-2-4-7-15/h2-4,6-7,10-12,17H,5,8-9H2,1H3. The molecule has 2 rings (SSSR count). The van der Waals surface area contributed by atoms with Gasteiger partial charge in [-0.2, -0.15) is 0 Å². The lowest BCUT2D eigenvalue weighted by atomic mass is 10.2. The topological polar surface area (TPSA) is 38.7 Å². The van der Waals surface area contributed by atoms with Crippen LogP contribution in [0.4, 0.5) is 0 Å². The largest absolute Gasteiger partial charge is 0.508 e. The average Bonchev–Trinajstić information content (AvgIpc) is 2.38. The van der Waals surface area contributed by atoms with E-state index >= 15 is 0 Å². The van der Waals surface area contributed by atoms with Gasteiger partial charge in [-0.05, 0) is 36.8 Å². The molecule has 0 spiro atoms. The lowest BCUT2D eigenvalue weighted by Crippen LogP contribution is -2.05. The molecule has 0 aliphatic rings. The fraction of sp³-hybridized carbons (Fsp3) is 0.250. The second-order valence-corrected chi connectivity index (χ2v) is 4.37. The fourth-order valence-electron chi connectivity index (χ4n) is 1.77. The SMILES string of the molecule is Cc1cc(O)cc(OCCCOc2ccccc2)c1. The van der Waals surface area contributed by atoms with Crippen LogP contribution in [-0.4, -0.2) is 18.3 Å². The average molecular weight is 258 g/mol. The monoisotopic (exact) mass is 258 g/mol. The lowest BCUT2D eigenvalue weighted by Gasteiger charge is -2.09. The first-order valence-electron chi connectivity index (χ1n) is 6.35. The van der Waals surface area contributed by atoms with Gasteiger partial charge in [-0.25, -0.2) is 0 Å². The first kappa shape index (κ1) is 13.3. The van der Waals surface area contributed by atoms with Crippen molar-refractivity contribution < 1.29 is 14.6 Å². The molecule has 0 bridgehead atoms. The lowest BCUT2D eigenvalue weighted by molar-refractivity contribution is 0.247. The van der Waals surface area contributed by atoms with Crippen LogP contribution in [-0.2, 0) is 0 Å². The number of phenols is 1. The predicted molar refractivity (Wildman–Crippen MR) is 74.9 cm³/mol. The van der Waals surface area contributed by atoms with E-state index < -0.39 is 0 Å². The summed E-state index contributed by atoms with van der Waals surface area (Å²) >= 11 is 0.